The van der Waals surface area contributed by atoms with E-state index in [9.17, 15) is 14.4 Å². The first-order chi connectivity index (χ1) is 12.4. The van der Waals surface area contributed by atoms with E-state index >= 15 is 0 Å². The van der Waals surface area contributed by atoms with Gasteiger partial charge in [0.2, 0.25) is 0 Å². The lowest BCUT2D eigenvalue weighted by Crippen LogP contribution is -2.33. The summed E-state index contributed by atoms with van der Waals surface area (Å²) in [5.74, 6) is -1.85. The predicted octanol–water partition coefficient (Wildman–Crippen LogP) is 3.64. The minimum Gasteiger partial charge on any atom is -0.481 e. The summed E-state index contributed by atoms with van der Waals surface area (Å²) >= 11 is 7.43. The maximum absolute atomic E-state index is 12.4. The van der Waals surface area contributed by atoms with Crippen LogP contribution in [-0.2, 0) is 4.79 Å². The third-order valence-corrected chi connectivity index (χ3v) is 5.54. The normalized spacial score (nSPS) is 19.1. The number of anilines is 1. The second-order valence-corrected chi connectivity index (χ2v) is 7.50. The zero-order valence-electron chi connectivity index (χ0n) is 13.7. The minimum atomic E-state index is -0.827. The first kappa shape index (κ1) is 18.4. The van der Waals surface area contributed by atoms with Gasteiger partial charge in [-0.15, -0.1) is 11.3 Å². The van der Waals surface area contributed by atoms with Crippen LogP contribution in [0, 0.1) is 5.92 Å². The highest BCUT2D eigenvalue weighted by Gasteiger charge is 2.30. The molecule has 0 saturated heterocycles. The van der Waals surface area contributed by atoms with E-state index in [0.29, 0.717) is 40.4 Å². The van der Waals surface area contributed by atoms with Crippen molar-refractivity contribution in [1.29, 1.82) is 0 Å². The van der Waals surface area contributed by atoms with Gasteiger partial charge in [0.1, 0.15) is 0 Å². The maximum atomic E-state index is 12.4. The van der Waals surface area contributed by atoms with Crippen molar-refractivity contribution in [3.63, 3.8) is 0 Å². The molecular weight excluding hydrogens is 376 g/mol. The van der Waals surface area contributed by atoms with E-state index in [2.05, 4.69) is 10.6 Å². The SMILES string of the molecule is O=C(N[C@@H]1CC[C@H](C(=O)O)C1)c1ccc(Cl)c(NC(=O)c2cccs2)c1. The lowest BCUT2D eigenvalue weighted by Gasteiger charge is -2.14. The van der Waals surface area contributed by atoms with Crippen LogP contribution in [-0.4, -0.2) is 28.9 Å². The van der Waals surface area contributed by atoms with Crippen molar-refractivity contribution < 1.29 is 19.5 Å². The van der Waals surface area contributed by atoms with E-state index in [1.165, 1.54) is 17.4 Å². The number of benzene rings is 1. The highest BCUT2D eigenvalue weighted by Crippen LogP contribution is 2.27. The summed E-state index contributed by atoms with van der Waals surface area (Å²) < 4.78 is 0. The van der Waals surface area contributed by atoms with Crippen LogP contribution < -0.4 is 10.6 Å². The van der Waals surface area contributed by atoms with E-state index in [4.69, 9.17) is 16.7 Å². The van der Waals surface area contributed by atoms with Gasteiger partial charge in [-0.1, -0.05) is 17.7 Å². The van der Waals surface area contributed by atoms with E-state index in [1.807, 2.05) is 0 Å². The van der Waals surface area contributed by atoms with Crippen LogP contribution in [0.15, 0.2) is 35.7 Å². The number of carboxylic acids is 1. The van der Waals surface area contributed by atoms with Crippen LogP contribution in [0.1, 0.15) is 39.3 Å². The van der Waals surface area contributed by atoms with Gasteiger partial charge in [-0.3, -0.25) is 14.4 Å². The Kier molecular flexibility index (Phi) is 5.58. The summed E-state index contributed by atoms with van der Waals surface area (Å²) in [6.45, 7) is 0. The third kappa shape index (κ3) is 4.23. The minimum absolute atomic E-state index is 0.163. The summed E-state index contributed by atoms with van der Waals surface area (Å²) in [6.07, 6.45) is 1.62. The first-order valence-electron chi connectivity index (χ1n) is 8.12. The molecule has 2 amide bonds. The average molecular weight is 393 g/mol. The van der Waals surface area contributed by atoms with E-state index in [-0.39, 0.29) is 17.9 Å². The Hall–Kier alpha value is -2.38. The maximum Gasteiger partial charge on any atom is 0.306 e. The van der Waals surface area contributed by atoms with Crippen LogP contribution in [0.3, 0.4) is 0 Å². The zero-order chi connectivity index (χ0) is 18.7. The number of hydrogen-bond donors (Lipinski definition) is 3. The molecule has 1 fully saturated rings. The molecule has 0 bridgehead atoms. The standard InChI is InChI=1S/C18H17ClN2O4S/c19-13-6-4-10(9-14(13)21-17(23)15-2-1-7-26-15)16(22)20-12-5-3-11(8-12)18(24)25/h1-2,4,6-7,9,11-12H,3,5,8H2,(H,20,22)(H,21,23)(H,24,25)/t11-,12+/m0/s1. The highest BCUT2D eigenvalue weighted by atomic mass is 35.5. The van der Waals surface area contributed by atoms with Crippen LogP contribution in [0.4, 0.5) is 5.69 Å². The summed E-state index contributed by atoms with van der Waals surface area (Å²) in [7, 11) is 0. The van der Waals surface area contributed by atoms with Crippen molar-refractivity contribution in [3.8, 4) is 0 Å². The fraction of sp³-hybridized carbons (Fsp3) is 0.278. The number of carbonyl (C=O) groups excluding carboxylic acids is 2. The van der Waals surface area contributed by atoms with Gasteiger partial charge in [0.25, 0.3) is 11.8 Å². The Labute approximate surface area is 159 Å². The Morgan fingerprint density at radius 2 is 1.96 bits per heavy atom. The highest BCUT2D eigenvalue weighted by molar-refractivity contribution is 7.12. The van der Waals surface area contributed by atoms with Crippen LogP contribution in [0.5, 0.6) is 0 Å². The number of amides is 2. The summed E-state index contributed by atoms with van der Waals surface area (Å²) in [5, 5.41) is 16.7. The number of halogens is 1. The molecule has 1 heterocycles. The summed E-state index contributed by atoms with van der Waals surface area (Å²) in [5.41, 5.74) is 0.710. The smallest absolute Gasteiger partial charge is 0.306 e. The van der Waals surface area contributed by atoms with Crippen molar-refractivity contribution in [1.82, 2.24) is 5.32 Å². The number of aliphatic carboxylic acids is 1. The molecule has 0 aliphatic heterocycles. The molecule has 2 atom stereocenters. The van der Waals surface area contributed by atoms with Gasteiger partial charge in [0.15, 0.2) is 0 Å². The Balaban J connectivity index is 1.68. The third-order valence-electron chi connectivity index (χ3n) is 4.34. The number of thiophene rings is 1. The summed E-state index contributed by atoms with van der Waals surface area (Å²) in [4.78, 5) is 36.2. The van der Waals surface area contributed by atoms with E-state index < -0.39 is 11.9 Å². The molecule has 136 valence electrons. The van der Waals surface area contributed by atoms with Crippen molar-refractivity contribution >= 4 is 46.4 Å². The molecule has 6 nitrogen and oxygen atoms in total. The van der Waals surface area contributed by atoms with Gasteiger partial charge in [-0.2, -0.15) is 0 Å². The number of nitrogens with one attached hydrogen (secondary N) is 2. The van der Waals surface area contributed by atoms with E-state index in [0.717, 1.165) is 0 Å². The fourth-order valence-electron chi connectivity index (χ4n) is 2.96. The van der Waals surface area contributed by atoms with Crippen LogP contribution >= 0.6 is 22.9 Å². The van der Waals surface area contributed by atoms with Gasteiger partial charge >= 0.3 is 5.97 Å². The fourth-order valence-corrected chi connectivity index (χ4v) is 3.74. The second-order valence-electron chi connectivity index (χ2n) is 6.14. The average Bonchev–Trinajstić information content (AvgIpc) is 3.28. The Bertz CT molecular complexity index is 838. The lowest BCUT2D eigenvalue weighted by atomic mass is 10.1. The molecule has 1 aliphatic carbocycles. The molecule has 2 aromatic rings. The van der Waals surface area contributed by atoms with Gasteiger partial charge in [-0.05, 0) is 48.9 Å². The van der Waals surface area contributed by atoms with Crippen LogP contribution in [0.25, 0.3) is 0 Å². The molecular formula is C18H17ClN2O4S. The quantitative estimate of drug-likeness (QED) is 0.723. The molecule has 1 aromatic carbocycles. The molecule has 3 N–H and O–H groups in total. The molecule has 8 heteroatoms. The zero-order valence-corrected chi connectivity index (χ0v) is 15.3. The Morgan fingerprint density at radius 3 is 2.62 bits per heavy atom. The Morgan fingerprint density at radius 1 is 1.15 bits per heavy atom. The van der Waals surface area contributed by atoms with Crippen LogP contribution in [0.2, 0.25) is 5.02 Å². The monoisotopic (exact) mass is 392 g/mol. The van der Waals surface area contributed by atoms with Crippen molar-refractivity contribution in [2.75, 3.05) is 5.32 Å². The number of rotatable bonds is 5. The number of carboxylic acid groups (broad SMARTS) is 1. The molecule has 1 aromatic heterocycles. The molecule has 1 saturated carbocycles. The number of carbonyl (C=O) groups is 3. The van der Waals surface area contributed by atoms with Gasteiger partial charge in [0.05, 0.1) is 21.5 Å². The molecule has 26 heavy (non-hydrogen) atoms. The molecule has 0 radical (unpaired) electrons. The predicted molar refractivity (Wildman–Crippen MR) is 100.0 cm³/mol. The second kappa shape index (κ2) is 7.88. The molecule has 1 aliphatic rings. The van der Waals surface area contributed by atoms with E-state index in [1.54, 1.807) is 29.6 Å². The summed E-state index contributed by atoms with van der Waals surface area (Å²) in [6, 6.07) is 7.95. The van der Waals surface area contributed by atoms with Gasteiger partial charge < -0.3 is 15.7 Å². The van der Waals surface area contributed by atoms with Crippen molar-refractivity contribution in [3.05, 3.63) is 51.2 Å². The topological polar surface area (TPSA) is 95.5 Å². The first-order valence-corrected chi connectivity index (χ1v) is 9.38. The van der Waals surface area contributed by atoms with Crippen molar-refractivity contribution in [2.24, 2.45) is 5.92 Å². The van der Waals surface area contributed by atoms with Gasteiger partial charge in [-0.25, -0.2) is 0 Å². The molecule has 3 rings (SSSR count). The number of hydrogen-bond acceptors (Lipinski definition) is 4. The molecule has 0 spiro atoms. The largest absolute Gasteiger partial charge is 0.481 e. The van der Waals surface area contributed by atoms with Crippen molar-refractivity contribution in [2.45, 2.75) is 25.3 Å². The molecule has 0 unspecified atom stereocenters. The lowest BCUT2D eigenvalue weighted by molar-refractivity contribution is -0.141. The van der Waals surface area contributed by atoms with Gasteiger partial charge in [0, 0.05) is 11.6 Å².